The van der Waals surface area contributed by atoms with Gasteiger partial charge in [0.25, 0.3) is 0 Å². The Morgan fingerprint density at radius 2 is 1.90 bits per heavy atom. The van der Waals surface area contributed by atoms with Crippen LogP contribution >= 0.6 is 0 Å². The Kier molecular flexibility index (Phi) is 4.39. The Labute approximate surface area is 176 Å². The van der Waals surface area contributed by atoms with Gasteiger partial charge in [-0.25, -0.2) is 9.59 Å². The molecule has 2 N–H and O–H groups in total. The van der Waals surface area contributed by atoms with E-state index in [9.17, 15) is 9.59 Å². The summed E-state index contributed by atoms with van der Waals surface area (Å²) in [6.45, 7) is 2.01. The molecule has 0 amide bonds. The van der Waals surface area contributed by atoms with Crippen molar-refractivity contribution >= 4 is 27.9 Å². The van der Waals surface area contributed by atoms with Gasteiger partial charge in [-0.05, 0) is 31.2 Å². The van der Waals surface area contributed by atoms with Gasteiger partial charge in [0.15, 0.2) is 0 Å². The number of hydrogen-bond acceptors (Lipinski definition) is 4. The summed E-state index contributed by atoms with van der Waals surface area (Å²) < 4.78 is 13.6. The molecule has 3 heterocycles. The minimum Gasteiger partial charge on any atom is -0.497 e. The van der Waals surface area contributed by atoms with Crippen LogP contribution in [-0.2, 0) is 4.74 Å². The van der Waals surface area contributed by atoms with Crippen LogP contribution in [0.15, 0.2) is 65.8 Å². The summed E-state index contributed by atoms with van der Waals surface area (Å²) >= 11 is 0. The van der Waals surface area contributed by atoms with Crippen LogP contribution in [0.25, 0.3) is 38.8 Å². The number of rotatable bonds is 4. The van der Waals surface area contributed by atoms with Crippen molar-refractivity contribution in [3.8, 4) is 22.7 Å². The highest BCUT2D eigenvalue weighted by Crippen LogP contribution is 2.33. The maximum absolute atomic E-state index is 12.9. The van der Waals surface area contributed by atoms with Gasteiger partial charge in [0.05, 0.1) is 30.6 Å². The van der Waals surface area contributed by atoms with Gasteiger partial charge in [-0.15, -0.1) is 0 Å². The van der Waals surface area contributed by atoms with E-state index in [4.69, 9.17) is 9.47 Å². The molecule has 8 heteroatoms. The van der Waals surface area contributed by atoms with Gasteiger partial charge < -0.3 is 19.4 Å². The number of imidazole rings is 1. The molecule has 0 bridgehead atoms. The molecule has 0 spiro atoms. The lowest BCUT2D eigenvalue weighted by Gasteiger charge is -2.06. The van der Waals surface area contributed by atoms with Crippen molar-refractivity contribution < 1.29 is 14.3 Å². The Balaban J connectivity index is 1.77. The summed E-state index contributed by atoms with van der Waals surface area (Å²) in [5.74, 6) is 0.719. The molecule has 0 unspecified atom stereocenters. The SMILES string of the molecule is CCOC(=O)n1cc(-n2c(-c3c[nH]c4ccc(OC)cc34)c[nH]c2=O)c2ccccc21. The second-order valence-corrected chi connectivity index (χ2v) is 7.03. The van der Waals surface area contributed by atoms with Crippen molar-refractivity contribution in [2.75, 3.05) is 13.7 Å². The number of ether oxygens (including phenoxy) is 2. The van der Waals surface area contributed by atoms with Crippen LogP contribution in [0.3, 0.4) is 0 Å². The third-order valence-corrected chi connectivity index (χ3v) is 5.34. The van der Waals surface area contributed by atoms with Crippen molar-refractivity contribution in [3.05, 3.63) is 71.5 Å². The maximum Gasteiger partial charge on any atom is 0.418 e. The molecule has 31 heavy (non-hydrogen) atoms. The Hall–Kier alpha value is -4.20. The number of methoxy groups -OCH3 is 1. The van der Waals surface area contributed by atoms with Crippen molar-refractivity contribution in [2.24, 2.45) is 0 Å². The highest BCUT2D eigenvalue weighted by Gasteiger charge is 2.21. The number of aromatic nitrogens is 4. The third-order valence-electron chi connectivity index (χ3n) is 5.34. The van der Waals surface area contributed by atoms with Crippen LogP contribution in [0, 0.1) is 0 Å². The molecule has 0 saturated heterocycles. The fourth-order valence-electron chi connectivity index (χ4n) is 3.93. The van der Waals surface area contributed by atoms with E-state index in [-0.39, 0.29) is 12.3 Å². The van der Waals surface area contributed by atoms with Gasteiger partial charge in [-0.1, -0.05) is 18.2 Å². The second kappa shape index (κ2) is 7.24. The Morgan fingerprint density at radius 3 is 2.71 bits per heavy atom. The summed E-state index contributed by atoms with van der Waals surface area (Å²) in [5.41, 5.74) is 3.36. The molecule has 5 aromatic rings. The van der Waals surface area contributed by atoms with Gasteiger partial charge in [-0.3, -0.25) is 9.13 Å². The summed E-state index contributed by atoms with van der Waals surface area (Å²) in [5, 5.41) is 1.68. The summed E-state index contributed by atoms with van der Waals surface area (Å²) in [7, 11) is 1.62. The minimum atomic E-state index is -0.494. The van der Waals surface area contributed by atoms with Crippen molar-refractivity contribution in [3.63, 3.8) is 0 Å². The zero-order valence-corrected chi connectivity index (χ0v) is 17.0. The topological polar surface area (TPSA) is 94.0 Å². The lowest BCUT2D eigenvalue weighted by Crippen LogP contribution is -2.16. The molecule has 0 saturated carbocycles. The molecule has 3 aromatic heterocycles. The van der Waals surface area contributed by atoms with Gasteiger partial charge in [0, 0.05) is 40.4 Å². The highest BCUT2D eigenvalue weighted by molar-refractivity contribution is 5.98. The molecule has 8 nitrogen and oxygen atoms in total. The average Bonchev–Trinajstić information content (AvgIpc) is 3.48. The summed E-state index contributed by atoms with van der Waals surface area (Å²) in [6.07, 6.45) is 4.66. The van der Waals surface area contributed by atoms with Gasteiger partial charge in [0.1, 0.15) is 5.75 Å². The average molecular weight is 416 g/mol. The highest BCUT2D eigenvalue weighted by atomic mass is 16.5. The van der Waals surface area contributed by atoms with E-state index in [0.29, 0.717) is 16.9 Å². The van der Waals surface area contributed by atoms with Crippen molar-refractivity contribution in [1.82, 2.24) is 19.1 Å². The Bertz CT molecular complexity index is 1480. The number of nitrogens with zero attached hydrogens (tertiary/aromatic N) is 2. The number of H-pyrrole nitrogens is 2. The first-order valence-corrected chi connectivity index (χ1v) is 9.86. The lowest BCUT2D eigenvalue weighted by atomic mass is 10.1. The van der Waals surface area contributed by atoms with Crippen LogP contribution in [0.2, 0.25) is 0 Å². The van der Waals surface area contributed by atoms with E-state index in [2.05, 4.69) is 9.97 Å². The van der Waals surface area contributed by atoms with Gasteiger partial charge in [-0.2, -0.15) is 0 Å². The molecule has 0 atom stereocenters. The predicted octanol–water partition coefficient (Wildman–Crippen LogP) is 4.28. The van der Waals surface area contributed by atoms with Crippen LogP contribution < -0.4 is 10.4 Å². The number of carbonyl (C=O) groups excluding carboxylic acids is 1. The number of benzene rings is 2. The van der Waals surface area contributed by atoms with Gasteiger partial charge >= 0.3 is 11.8 Å². The Morgan fingerprint density at radius 1 is 1.06 bits per heavy atom. The molecular weight excluding hydrogens is 396 g/mol. The van der Waals surface area contributed by atoms with E-state index >= 15 is 0 Å². The van der Waals surface area contributed by atoms with E-state index < -0.39 is 6.09 Å². The van der Waals surface area contributed by atoms with Crippen LogP contribution in [-0.4, -0.2) is 38.9 Å². The number of para-hydroxylation sites is 1. The third kappa shape index (κ3) is 2.92. The van der Waals surface area contributed by atoms with Gasteiger partial charge in [0.2, 0.25) is 0 Å². The molecule has 0 aliphatic rings. The number of fused-ring (bicyclic) bond motifs is 2. The molecule has 0 radical (unpaired) electrons. The quantitative estimate of drug-likeness (QED) is 0.457. The molecular formula is C23H20N4O4. The predicted molar refractivity (Wildman–Crippen MR) is 118 cm³/mol. The fraction of sp³-hybridized carbons (Fsp3) is 0.130. The molecule has 5 rings (SSSR count). The van der Waals surface area contributed by atoms with Crippen molar-refractivity contribution in [2.45, 2.75) is 6.92 Å². The zero-order valence-electron chi connectivity index (χ0n) is 17.0. The van der Waals surface area contributed by atoms with Crippen LogP contribution in [0.4, 0.5) is 4.79 Å². The summed E-state index contributed by atoms with van der Waals surface area (Å²) in [4.78, 5) is 31.4. The normalized spacial score (nSPS) is 11.3. The van der Waals surface area contributed by atoms with Crippen LogP contribution in [0.1, 0.15) is 6.92 Å². The largest absolute Gasteiger partial charge is 0.497 e. The minimum absolute atomic E-state index is 0.257. The standard InChI is InChI=1S/C23H20N4O4/c1-3-31-23(29)26-13-21(15-6-4-5-7-19(15)26)27-20(12-25-22(27)28)17-11-24-18-9-8-14(30-2)10-16(17)18/h4-13,24H,3H2,1-2H3,(H,25,28). The van der Waals surface area contributed by atoms with E-state index in [1.54, 1.807) is 31.0 Å². The van der Waals surface area contributed by atoms with Crippen LogP contribution in [0.5, 0.6) is 5.75 Å². The second-order valence-electron chi connectivity index (χ2n) is 7.03. The monoisotopic (exact) mass is 416 g/mol. The van der Waals surface area contributed by atoms with Crippen molar-refractivity contribution in [1.29, 1.82) is 0 Å². The molecule has 156 valence electrons. The first-order chi connectivity index (χ1) is 15.1. The fourth-order valence-corrected chi connectivity index (χ4v) is 3.93. The van der Waals surface area contributed by atoms with E-state index in [0.717, 1.165) is 27.6 Å². The first kappa shape index (κ1) is 18.8. The molecule has 2 aromatic carbocycles. The number of nitrogens with one attached hydrogen (secondary N) is 2. The first-order valence-electron chi connectivity index (χ1n) is 9.86. The number of hydrogen-bond donors (Lipinski definition) is 2. The lowest BCUT2D eigenvalue weighted by molar-refractivity contribution is 0.155. The molecule has 0 fully saturated rings. The zero-order chi connectivity index (χ0) is 21.5. The smallest absolute Gasteiger partial charge is 0.418 e. The summed E-state index contributed by atoms with van der Waals surface area (Å²) in [6, 6.07) is 13.1. The number of carbonyl (C=O) groups is 1. The maximum atomic E-state index is 12.9. The van der Waals surface area contributed by atoms with E-state index in [1.165, 1.54) is 4.57 Å². The van der Waals surface area contributed by atoms with E-state index in [1.807, 2.05) is 48.7 Å². The molecule has 0 aliphatic carbocycles. The number of aromatic amines is 2. The molecule has 0 aliphatic heterocycles.